The van der Waals surface area contributed by atoms with Crippen molar-refractivity contribution in [1.29, 1.82) is 0 Å². The van der Waals surface area contributed by atoms with Crippen LogP contribution in [0.5, 0.6) is 0 Å². The van der Waals surface area contributed by atoms with Crippen LogP contribution in [-0.4, -0.2) is 22.7 Å². The third kappa shape index (κ3) is 89.8. The van der Waals surface area contributed by atoms with Crippen LogP contribution in [0.15, 0.2) is 0 Å². The first kappa shape index (κ1) is 16.8. The molecule has 0 aromatic rings. The van der Waals surface area contributed by atoms with Crippen LogP contribution in [0, 0.1) is 0 Å². The van der Waals surface area contributed by atoms with Crippen LogP contribution in [0.3, 0.4) is 0 Å². The van der Waals surface area contributed by atoms with Gasteiger partial charge in [0.05, 0.1) is 0 Å². The van der Waals surface area contributed by atoms with Gasteiger partial charge in [0.15, 0.2) is 0 Å². The highest BCUT2D eigenvalue weighted by atomic mass is 16.4. The first-order chi connectivity index (χ1) is 4.50. The molecule has 0 fully saturated rings. The van der Waals surface area contributed by atoms with E-state index >= 15 is 0 Å². The van der Waals surface area contributed by atoms with Crippen LogP contribution < -0.4 is 5.11 Å². The molecule has 0 amide bonds. The van der Waals surface area contributed by atoms with Crippen molar-refractivity contribution in [2.45, 2.75) is 39.7 Å². The lowest BCUT2D eigenvalue weighted by molar-refractivity contribution is -0.305. The number of carbonyl (C=O) groups excluding carboxylic acids is 1. The Morgan fingerprint density at radius 3 is 1.82 bits per heavy atom. The van der Waals surface area contributed by atoms with Crippen molar-refractivity contribution in [3.8, 4) is 0 Å². The monoisotopic (exact) mass is 165 g/mol. The highest BCUT2D eigenvalue weighted by molar-refractivity contribution is 5.63. The zero-order valence-electron chi connectivity index (χ0n) is 7.26. The van der Waals surface area contributed by atoms with Gasteiger partial charge in [-0.2, -0.15) is 0 Å². The van der Waals surface area contributed by atoms with Gasteiger partial charge in [0.2, 0.25) is 0 Å². The number of hydrogen-bond acceptors (Lipinski definition) is 3. The van der Waals surface area contributed by atoms with Crippen molar-refractivity contribution in [3.63, 3.8) is 0 Å². The number of carboxylic acids is 1. The Kier molecular flexibility index (Phi) is 18.5. The van der Waals surface area contributed by atoms with Crippen molar-refractivity contribution in [3.05, 3.63) is 0 Å². The summed E-state index contributed by atoms with van der Waals surface area (Å²) in [6, 6.07) is 0. The number of hydrogen-bond donors (Lipinski definition) is 1. The van der Waals surface area contributed by atoms with E-state index in [1.54, 1.807) is 20.8 Å². The summed E-state index contributed by atoms with van der Waals surface area (Å²) >= 11 is 0. The fourth-order valence-electron chi connectivity index (χ4n) is 0.204. The zero-order chi connectivity index (χ0) is 8.57. The summed E-state index contributed by atoms with van der Waals surface area (Å²) in [5.41, 5.74) is 0. The van der Waals surface area contributed by atoms with Gasteiger partial charge in [0, 0.05) is 12.1 Å². The minimum absolute atomic E-state index is 0. The second kappa shape index (κ2) is 12.1. The maximum Gasteiger partial charge on any atom is 0.0483 e. The second-order valence-corrected chi connectivity index (χ2v) is 2.22. The fourth-order valence-corrected chi connectivity index (χ4v) is 0.204. The molecule has 0 aliphatic rings. The summed E-state index contributed by atoms with van der Waals surface area (Å²) in [6.45, 7) is 5.25. The van der Waals surface area contributed by atoms with E-state index in [4.69, 9.17) is 5.11 Å². The first-order valence-electron chi connectivity index (χ1n) is 3.38. The highest BCUT2D eigenvalue weighted by Crippen LogP contribution is 1.79. The minimum atomic E-state index is -0.961. The van der Waals surface area contributed by atoms with Gasteiger partial charge in [0.25, 0.3) is 0 Å². The van der Waals surface area contributed by atoms with E-state index in [0.29, 0.717) is 6.42 Å². The minimum Gasteiger partial charge on any atom is -0.550 e. The Morgan fingerprint density at radius 1 is 1.55 bits per heavy atom. The molecule has 11 heavy (non-hydrogen) atoms. The molecule has 0 radical (unpaired) electrons. The molecule has 0 bridgehead atoms. The SMILES string of the molecule is CC(C)O.CCCC(=O)[O-].O. The van der Waals surface area contributed by atoms with E-state index in [-0.39, 0.29) is 18.0 Å². The van der Waals surface area contributed by atoms with E-state index in [2.05, 4.69) is 0 Å². The van der Waals surface area contributed by atoms with Gasteiger partial charge >= 0.3 is 0 Å². The molecule has 0 unspecified atom stereocenters. The summed E-state index contributed by atoms with van der Waals surface area (Å²) in [5.74, 6) is -0.961. The van der Waals surface area contributed by atoms with E-state index in [9.17, 15) is 9.90 Å². The van der Waals surface area contributed by atoms with Crippen molar-refractivity contribution >= 4 is 5.97 Å². The third-order valence-corrected chi connectivity index (χ3v) is 0.454. The largest absolute Gasteiger partial charge is 0.550 e. The van der Waals surface area contributed by atoms with Gasteiger partial charge in [-0.15, -0.1) is 0 Å². The van der Waals surface area contributed by atoms with Crippen molar-refractivity contribution in [1.82, 2.24) is 0 Å². The van der Waals surface area contributed by atoms with Gasteiger partial charge in [-0.25, -0.2) is 0 Å². The molecule has 0 saturated heterocycles. The lowest BCUT2D eigenvalue weighted by Crippen LogP contribution is -2.20. The Hall–Kier alpha value is -0.610. The summed E-state index contributed by atoms with van der Waals surface area (Å²) in [7, 11) is 0. The van der Waals surface area contributed by atoms with Gasteiger partial charge in [0.1, 0.15) is 0 Å². The smallest absolute Gasteiger partial charge is 0.0483 e. The number of aliphatic hydroxyl groups is 1. The molecule has 4 heteroatoms. The van der Waals surface area contributed by atoms with E-state index in [1.807, 2.05) is 0 Å². The maximum atomic E-state index is 9.49. The molecule has 0 saturated carbocycles. The standard InChI is InChI=1S/C4H8O2.C3H8O.H2O/c1-2-3-4(5)6;1-3(2)4;/h2-3H2,1H3,(H,5,6);3-4H,1-2H3;1H2/p-1. The van der Waals surface area contributed by atoms with Crippen molar-refractivity contribution in [2.75, 3.05) is 0 Å². The normalized spacial score (nSPS) is 7.73. The average Bonchev–Trinajstić information content (AvgIpc) is 1.62. The molecule has 0 aliphatic carbocycles. The molecule has 0 heterocycles. The molecule has 0 aromatic heterocycles. The molecule has 70 valence electrons. The quantitative estimate of drug-likeness (QED) is 0.574. The number of aliphatic carboxylic acids is 1. The molecule has 0 atom stereocenters. The molecular weight excluding hydrogens is 148 g/mol. The molecular formula is C7H17O4-. The van der Waals surface area contributed by atoms with Gasteiger partial charge < -0.3 is 20.5 Å². The lowest BCUT2D eigenvalue weighted by atomic mass is 10.4. The Balaban J connectivity index is -0.000000114. The van der Waals surface area contributed by atoms with E-state index in [1.165, 1.54) is 0 Å². The summed E-state index contributed by atoms with van der Waals surface area (Å²) < 4.78 is 0. The van der Waals surface area contributed by atoms with Crippen LogP contribution in [0.2, 0.25) is 0 Å². The second-order valence-electron chi connectivity index (χ2n) is 2.22. The predicted octanol–water partition coefficient (Wildman–Crippen LogP) is -0.901. The van der Waals surface area contributed by atoms with Gasteiger partial charge in [-0.05, 0) is 20.3 Å². The van der Waals surface area contributed by atoms with Crippen LogP contribution in [0.4, 0.5) is 0 Å². The van der Waals surface area contributed by atoms with E-state index in [0.717, 1.165) is 0 Å². The summed E-state index contributed by atoms with van der Waals surface area (Å²) in [5, 5.41) is 17.5. The molecule has 4 nitrogen and oxygen atoms in total. The molecule has 0 aliphatic heterocycles. The highest BCUT2D eigenvalue weighted by Gasteiger charge is 1.75. The topological polar surface area (TPSA) is 91.9 Å². The lowest BCUT2D eigenvalue weighted by Gasteiger charge is -1.92. The molecule has 0 aromatic carbocycles. The molecule has 0 rings (SSSR count). The van der Waals surface area contributed by atoms with Crippen molar-refractivity contribution < 1.29 is 20.5 Å². The van der Waals surface area contributed by atoms with Crippen LogP contribution >= 0.6 is 0 Å². The van der Waals surface area contributed by atoms with E-state index < -0.39 is 5.97 Å². The van der Waals surface area contributed by atoms with Crippen LogP contribution in [0.25, 0.3) is 0 Å². The maximum absolute atomic E-state index is 9.49. The molecule has 3 N–H and O–H groups in total. The number of aliphatic hydroxyl groups excluding tert-OH is 1. The average molecular weight is 165 g/mol. The number of carbonyl (C=O) groups is 1. The van der Waals surface area contributed by atoms with Crippen molar-refractivity contribution in [2.24, 2.45) is 0 Å². The van der Waals surface area contributed by atoms with Gasteiger partial charge in [-0.3, -0.25) is 0 Å². The Bertz CT molecular complexity index is 77.8. The first-order valence-corrected chi connectivity index (χ1v) is 3.38. The number of carboxylic acid groups (broad SMARTS) is 1. The third-order valence-electron chi connectivity index (χ3n) is 0.454. The molecule has 0 spiro atoms. The summed E-state index contributed by atoms with van der Waals surface area (Å²) in [4.78, 5) is 9.49. The zero-order valence-corrected chi connectivity index (χ0v) is 7.26. The van der Waals surface area contributed by atoms with Crippen LogP contribution in [-0.2, 0) is 4.79 Å². The Labute approximate surface area is 67.2 Å². The van der Waals surface area contributed by atoms with Gasteiger partial charge in [-0.1, -0.05) is 13.3 Å². The Morgan fingerprint density at radius 2 is 1.82 bits per heavy atom. The predicted molar refractivity (Wildman–Crippen MR) is 40.9 cm³/mol. The number of rotatable bonds is 2. The van der Waals surface area contributed by atoms with Crippen LogP contribution in [0.1, 0.15) is 33.6 Å². The fraction of sp³-hybridized carbons (Fsp3) is 0.857. The summed E-state index contributed by atoms with van der Waals surface area (Å²) in [6.07, 6.45) is 0.683.